The number of carbonyl (C=O) groups is 1. The van der Waals surface area contributed by atoms with Crippen LogP contribution in [-0.2, 0) is 6.54 Å². The van der Waals surface area contributed by atoms with Crippen molar-refractivity contribution >= 4 is 16.8 Å². The molecule has 130 valence electrons. The second-order valence-corrected chi connectivity index (χ2v) is 6.09. The van der Waals surface area contributed by atoms with Crippen molar-refractivity contribution in [2.75, 3.05) is 13.2 Å². The molecule has 2 aromatic carbocycles. The number of aliphatic hydroxyl groups is 1. The molecule has 0 unspecified atom stereocenters. The second-order valence-electron chi connectivity index (χ2n) is 6.09. The van der Waals surface area contributed by atoms with E-state index in [-0.39, 0.29) is 19.1 Å². The van der Waals surface area contributed by atoms with Gasteiger partial charge in [-0.3, -0.25) is 4.79 Å². The Bertz CT molecular complexity index is 899. The second kappa shape index (κ2) is 7.40. The van der Waals surface area contributed by atoms with Gasteiger partial charge in [-0.2, -0.15) is 0 Å². The van der Waals surface area contributed by atoms with Gasteiger partial charge >= 0.3 is 0 Å². The molecule has 0 radical (unpaired) electrons. The fourth-order valence-corrected chi connectivity index (χ4v) is 2.94. The van der Waals surface area contributed by atoms with E-state index in [1.54, 1.807) is 0 Å². The van der Waals surface area contributed by atoms with Gasteiger partial charge in [-0.15, -0.1) is 0 Å². The monoisotopic (exact) mass is 338 g/mol. The molecule has 3 rings (SSSR count). The number of aromatic amines is 1. The van der Waals surface area contributed by atoms with Crippen LogP contribution in [0.5, 0.6) is 5.75 Å². The Kier molecular flexibility index (Phi) is 5.05. The number of H-pyrrole nitrogens is 1. The van der Waals surface area contributed by atoms with Crippen LogP contribution in [0.25, 0.3) is 10.9 Å². The maximum Gasteiger partial charge on any atom is 0.267 e. The minimum absolute atomic E-state index is 0.0471. The van der Waals surface area contributed by atoms with Gasteiger partial charge in [0.1, 0.15) is 18.1 Å². The number of carbonyl (C=O) groups excluding carboxylic acids is 1. The van der Waals surface area contributed by atoms with Crippen LogP contribution < -0.4 is 10.1 Å². The number of fused-ring (bicyclic) bond motifs is 1. The molecular weight excluding hydrogens is 316 g/mol. The molecule has 0 fully saturated rings. The van der Waals surface area contributed by atoms with Crippen LogP contribution in [-0.4, -0.2) is 29.2 Å². The van der Waals surface area contributed by atoms with Gasteiger partial charge in [0, 0.05) is 23.0 Å². The van der Waals surface area contributed by atoms with E-state index in [1.807, 2.05) is 50.2 Å². The van der Waals surface area contributed by atoms with Gasteiger partial charge in [0.15, 0.2) is 0 Å². The van der Waals surface area contributed by atoms with Crippen molar-refractivity contribution in [3.63, 3.8) is 0 Å². The Morgan fingerprint density at radius 2 is 2.00 bits per heavy atom. The molecule has 0 aliphatic carbocycles. The fraction of sp³-hybridized carbons (Fsp3) is 0.250. The van der Waals surface area contributed by atoms with Crippen LogP contribution in [0.4, 0.5) is 0 Å². The number of aryl methyl sites for hydroxylation is 2. The molecule has 0 saturated heterocycles. The summed E-state index contributed by atoms with van der Waals surface area (Å²) in [6.45, 7) is 4.61. The highest BCUT2D eigenvalue weighted by Gasteiger charge is 2.12. The molecule has 0 bridgehead atoms. The average Bonchev–Trinajstić information content (AvgIpc) is 3.03. The van der Waals surface area contributed by atoms with Crippen molar-refractivity contribution < 1.29 is 14.6 Å². The summed E-state index contributed by atoms with van der Waals surface area (Å²) < 4.78 is 5.49. The number of aromatic nitrogens is 1. The zero-order valence-electron chi connectivity index (χ0n) is 14.4. The highest BCUT2D eigenvalue weighted by atomic mass is 16.5. The van der Waals surface area contributed by atoms with Gasteiger partial charge in [-0.05, 0) is 43.2 Å². The summed E-state index contributed by atoms with van der Waals surface area (Å²) in [4.78, 5) is 15.7. The molecule has 3 aromatic rings. The Hall–Kier alpha value is -2.79. The Labute approximate surface area is 146 Å². The number of hydrogen-bond donors (Lipinski definition) is 3. The summed E-state index contributed by atoms with van der Waals surface area (Å²) in [5.74, 6) is 0.505. The zero-order valence-corrected chi connectivity index (χ0v) is 14.4. The summed E-state index contributed by atoms with van der Waals surface area (Å²) in [5.41, 5.74) is 4.68. The molecule has 0 atom stereocenters. The van der Waals surface area contributed by atoms with Gasteiger partial charge in [0.25, 0.3) is 5.91 Å². The predicted molar refractivity (Wildman–Crippen MR) is 98.0 cm³/mol. The molecule has 3 N–H and O–H groups in total. The SMILES string of the molecule is Cc1cc(C)c2cc(C(=O)NCc3ccccc3OCCO)[nH]c2c1. The van der Waals surface area contributed by atoms with E-state index in [0.29, 0.717) is 18.0 Å². The number of rotatable bonds is 6. The molecule has 0 aliphatic rings. The topological polar surface area (TPSA) is 74.3 Å². The minimum atomic E-state index is -0.162. The average molecular weight is 338 g/mol. The summed E-state index contributed by atoms with van der Waals surface area (Å²) in [7, 11) is 0. The van der Waals surface area contributed by atoms with Gasteiger partial charge in [-0.25, -0.2) is 0 Å². The van der Waals surface area contributed by atoms with Crippen LogP contribution in [0.3, 0.4) is 0 Å². The van der Waals surface area contributed by atoms with Crippen molar-refractivity contribution in [1.29, 1.82) is 0 Å². The highest BCUT2D eigenvalue weighted by Crippen LogP contribution is 2.22. The van der Waals surface area contributed by atoms with E-state index in [9.17, 15) is 4.79 Å². The standard InChI is InChI=1S/C20H22N2O3/c1-13-9-14(2)16-11-18(22-17(16)10-13)20(24)21-12-15-5-3-4-6-19(15)25-8-7-23/h3-6,9-11,22-23H,7-8,12H2,1-2H3,(H,21,24). The van der Waals surface area contributed by atoms with Gasteiger partial charge < -0.3 is 20.1 Å². The van der Waals surface area contributed by atoms with Crippen LogP contribution in [0, 0.1) is 13.8 Å². The largest absolute Gasteiger partial charge is 0.491 e. The molecule has 5 heteroatoms. The third-order valence-electron chi connectivity index (χ3n) is 4.09. The van der Waals surface area contributed by atoms with Crippen LogP contribution in [0.2, 0.25) is 0 Å². The van der Waals surface area contributed by atoms with E-state index >= 15 is 0 Å². The molecular formula is C20H22N2O3. The molecule has 1 aromatic heterocycles. The van der Waals surface area contributed by atoms with Crippen LogP contribution >= 0.6 is 0 Å². The predicted octanol–water partition coefficient (Wildman–Crippen LogP) is 3.09. The summed E-state index contributed by atoms with van der Waals surface area (Å²) in [6.07, 6.45) is 0. The first-order valence-corrected chi connectivity index (χ1v) is 8.28. The quantitative estimate of drug-likeness (QED) is 0.646. The Balaban J connectivity index is 1.74. The van der Waals surface area contributed by atoms with Crippen molar-refractivity contribution in [2.24, 2.45) is 0 Å². The molecule has 1 heterocycles. The summed E-state index contributed by atoms with van der Waals surface area (Å²) in [5, 5.41) is 12.9. The van der Waals surface area contributed by atoms with Crippen LogP contribution in [0.15, 0.2) is 42.5 Å². The maximum absolute atomic E-state index is 12.5. The lowest BCUT2D eigenvalue weighted by molar-refractivity contribution is 0.0946. The normalized spacial score (nSPS) is 10.8. The van der Waals surface area contributed by atoms with Gasteiger partial charge in [0.2, 0.25) is 0 Å². The molecule has 0 saturated carbocycles. The maximum atomic E-state index is 12.5. The lowest BCUT2D eigenvalue weighted by Crippen LogP contribution is -2.23. The van der Waals surface area contributed by atoms with Crippen molar-refractivity contribution in [3.8, 4) is 5.75 Å². The lowest BCUT2D eigenvalue weighted by atomic mass is 10.1. The highest BCUT2D eigenvalue weighted by molar-refractivity contribution is 5.99. The van der Waals surface area contributed by atoms with E-state index in [0.717, 1.165) is 27.6 Å². The smallest absolute Gasteiger partial charge is 0.267 e. The lowest BCUT2D eigenvalue weighted by Gasteiger charge is -2.11. The van der Waals surface area contributed by atoms with Crippen molar-refractivity contribution in [2.45, 2.75) is 20.4 Å². The molecule has 0 spiro atoms. The zero-order chi connectivity index (χ0) is 17.8. The van der Waals surface area contributed by atoms with E-state index in [1.165, 1.54) is 0 Å². The molecule has 5 nitrogen and oxygen atoms in total. The molecule has 1 amide bonds. The Morgan fingerprint density at radius 1 is 1.20 bits per heavy atom. The number of hydrogen-bond acceptors (Lipinski definition) is 3. The first kappa shape index (κ1) is 17.0. The third kappa shape index (κ3) is 3.83. The minimum Gasteiger partial charge on any atom is -0.491 e. The number of nitrogens with one attached hydrogen (secondary N) is 2. The number of aliphatic hydroxyl groups excluding tert-OH is 1. The molecule has 25 heavy (non-hydrogen) atoms. The third-order valence-corrected chi connectivity index (χ3v) is 4.09. The first-order valence-electron chi connectivity index (χ1n) is 8.28. The van der Waals surface area contributed by atoms with Crippen molar-refractivity contribution in [1.82, 2.24) is 10.3 Å². The Morgan fingerprint density at radius 3 is 2.80 bits per heavy atom. The number of amides is 1. The number of benzene rings is 2. The van der Waals surface area contributed by atoms with E-state index in [2.05, 4.69) is 16.4 Å². The first-order chi connectivity index (χ1) is 12.1. The van der Waals surface area contributed by atoms with Crippen molar-refractivity contribution in [3.05, 3.63) is 64.8 Å². The van der Waals surface area contributed by atoms with Gasteiger partial charge in [-0.1, -0.05) is 24.3 Å². The number of ether oxygens (including phenoxy) is 1. The fourth-order valence-electron chi connectivity index (χ4n) is 2.94. The summed E-state index contributed by atoms with van der Waals surface area (Å²) >= 11 is 0. The van der Waals surface area contributed by atoms with Gasteiger partial charge in [0.05, 0.1) is 6.61 Å². The number of para-hydroxylation sites is 1. The van der Waals surface area contributed by atoms with E-state index < -0.39 is 0 Å². The van der Waals surface area contributed by atoms with Crippen LogP contribution in [0.1, 0.15) is 27.2 Å². The summed E-state index contributed by atoms with van der Waals surface area (Å²) in [6, 6.07) is 13.5. The van der Waals surface area contributed by atoms with E-state index in [4.69, 9.17) is 9.84 Å². The molecule has 0 aliphatic heterocycles.